The van der Waals surface area contributed by atoms with Crippen molar-refractivity contribution in [3.05, 3.63) is 29.8 Å². The van der Waals surface area contributed by atoms with Crippen molar-refractivity contribution in [3.8, 4) is 5.75 Å². The van der Waals surface area contributed by atoms with E-state index in [2.05, 4.69) is 31.3 Å². The van der Waals surface area contributed by atoms with Gasteiger partial charge >= 0.3 is 0 Å². The van der Waals surface area contributed by atoms with E-state index in [4.69, 9.17) is 9.47 Å². The maximum absolute atomic E-state index is 5.81. The molecule has 0 radical (unpaired) electrons. The summed E-state index contributed by atoms with van der Waals surface area (Å²) in [6.45, 7) is 6.40. The molecule has 1 aliphatic rings. The van der Waals surface area contributed by atoms with Crippen LogP contribution >= 0.6 is 0 Å². The highest BCUT2D eigenvalue weighted by molar-refractivity contribution is 5.27. The van der Waals surface area contributed by atoms with Crippen LogP contribution in [0.2, 0.25) is 0 Å². The fourth-order valence-corrected chi connectivity index (χ4v) is 2.69. The molecule has 0 aromatic heterocycles. The van der Waals surface area contributed by atoms with E-state index in [0.29, 0.717) is 18.1 Å². The third-order valence-electron chi connectivity index (χ3n) is 4.06. The van der Waals surface area contributed by atoms with Crippen molar-refractivity contribution in [2.45, 2.75) is 45.3 Å². The minimum Gasteiger partial charge on any atom is -0.497 e. The summed E-state index contributed by atoms with van der Waals surface area (Å²) in [4.78, 5) is 0. The summed E-state index contributed by atoms with van der Waals surface area (Å²) in [5.41, 5.74) is 1.35. The van der Waals surface area contributed by atoms with Gasteiger partial charge in [-0.05, 0) is 49.4 Å². The molecule has 0 aliphatic carbocycles. The number of nitrogens with one attached hydrogen (secondary N) is 1. The molecule has 2 unspecified atom stereocenters. The molecule has 1 aliphatic heterocycles. The second-order valence-corrected chi connectivity index (χ2v) is 5.93. The monoisotopic (exact) mass is 277 g/mol. The van der Waals surface area contributed by atoms with E-state index in [1.165, 1.54) is 5.56 Å². The average Bonchev–Trinajstić information content (AvgIpc) is 2.48. The molecule has 0 amide bonds. The second-order valence-electron chi connectivity index (χ2n) is 5.93. The van der Waals surface area contributed by atoms with Gasteiger partial charge in [0, 0.05) is 12.6 Å². The zero-order chi connectivity index (χ0) is 14.4. The first-order chi connectivity index (χ1) is 9.69. The Hall–Kier alpha value is -1.06. The van der Waals surface area contributed by atoms with Crippen molar-refractivity contribution in [2.75, 3.05) is 20.3 Å². The highest BCUT2D eigenvalue weighted by Gasteiger charge is 2.24. The molecule has 1 saturated heterocycles. The van der Waals surface area contributed by atoms with Crippen LogP contribution in [-0.2, 0) is 11.2 Å². The maximum atomic E-state index is 5.81. The van der Waals surface area contributed by atoms with Gasteiger partial charge in [0.2, 0.25) is 0 Å². The number of methoxy groups -OCH3 is 1. The van der Waals surface area contributed by atoms with Gasteiger partial charge in [-0.15, -0.1) is 0 Å². The van der Waals surface area contributed by atoms with Gasteiger partial charge in [-0.2, -0.15) is 0 Å². The normalized spacial score (nSPS) is 23.0. The summed E-state index contributed by atoms with van der Waals surface area (Å²) in [7, 11) is 1.70. The summed E-state index contributed by atoms with van der Waals surface area (Å²) >= 11 is 0. The molecular formula is C17H27NO2. The lowest BCUT2D eigenvalue weighted by molar-refractivity contribution is -0.0241. The van der Waals surface area contributed by atoms with Crippen LogP contribution in [0, 0.1) is 5.92 Å². The minimum atomic E-state index is 0.419. The standard InChI is InChI=1S/C17H27NO2/c1-13(2)17-12-15(9-11-20-17)18-10-8-14-4-6-16(19-3)7-5-14/h4-7,13,15,17-18H,8-12H2,1-3H3. The Morgan fingerprint density at radius 3 is 2.70 bits per heavy atom. The van der Waals surface area contributed by atoms with Gasteiger partial charge < -0.3 is 14.8 Å². The minimum absolute atomic E-state index is 0.419. The van der Waals surface area contributed by atoms with Gasteiger partial charge in [-0.25, -0.2) is 0 Å². The van der Waals surface area contributed by atoms with Crippen LogP contribution in [0.4, 0.5) is 0 Å². The van der Waals surface area contributed by atoms with Crippen molar-refractivity contribution in [3.63, 3.8) is 0 Å². The first-order valence-electron chi connectivity index (χ1n) is 7.67. The summed E-state index contributed by atoms with van der Waals surface area (Å²) in [6, 6.07) is 8.94. The second kappa shape index (κ2) is 7.65. The Balaban J connectivity index is 1.72. The fraction of sp³-hybridized carbons (Fsp3) is 0.647. The van der Waals surface area contributed by atoms with E-state index in [0.717, 1.165) is 38.2 Å². The highest BCUT2D eigenvalue weighted by Crippen LogP contribution is 2.20. The van der Waals surface area contributed by atoms with Crippen LogP contribution in [0.15, 0.2) is 24.3 Å². The lowest BCUT2D eigenvalue weighted by Crippen LogP contribution is -2.41. The van der Waals surface area contributed by atoms with Gasteiger partial charge in [-0.3, -0.25) is 0 Å². The molecule has 2 rings (SSSR count). The first-order valence-corrected chi connectivity index (χ1v) is 7.67. The van der Waals surface area contributed by atoms with E-state index in [1.807, 2.05) is 12.1 Å². The summed E-state index contributed by atoms with van der Waals surface area (Å²) in [5, 5.41) is 3.67. The topological polar surface area (TPSA) is 30.5 Å². The van der Waals surface area contributed by atoms with Crippen molar-refractivity contribution >= 4 is 0 Å². The molecule has 1 N–H and O–H groups in total. The zero-order valence-corrected chi connectivity index (χ0v) is 12.9. The molecule has 0 saturated carbocycles. The zero-order valence-electron chi connectivity index (χ0n) is 12.9. The quantitative estimate of drug-likeness (QED) is 0.867. The molecule has 2 atom stereocenters. The molecule has 3 heteroatoms. The molecule has 20 heavy (non-hydrogen) atoms. The largest absolute Gasteiger partial charge is 0.497 e. The Kier molecular flexibility index (Phi) is 5.86. The van der Waals surface area contributed by atoms with Gasteiger partial charge in [0.05, 0.1) is 13.2 Å². The van der Waals surface area contributed by atoms with E-state index < -0.39 is 0 Å². The molecule has 112 valence electrons. The SMILES string of the molecule is COc1ccc(CCNC2CCOC(C(C)C)C2)cc1. The van der Waals surface area contributed by atoms with Crippen molar-refractivity contribution in [1.29, 1.82) is 0 Å². The maximum Gasteiger partial charge on any atom is 0.118 e. The van der Waals surface area contributed by atoms with E-state index >= 15 is 0 Å². The average molecular weight is 277 g/mol. The van der Waals surface area contributed by atoms with Gasteiger partial charge in [-0.1, -0.05) is 26.0 Å². The first kappa shape index (κ1) is 15.3. The molecule has 0 bridgehead atoms. The smallest absolute Gasteiger partial charge is 0.118 e. The summed E-state index contributed by atoms with van der Waals surface area (Å²) in [6.07, 6.45) is 3.75. The van der Waals surface area contributed by atoms with Crippen molar-refractivity contribution < 1.29 is 9.47 Å². The van der Waals surface area contributed by atoms with Gasteiger partial charge in [0.1, 0.15) is 5.75 Å². The van der Waals surface area contributed by atoms with Gasteiger partial charge in [0.15, 0.2) is 0 Å². The molecule has 1 aromatic rings. The molecule has 0 spiro atoms. The highest BCUT2D eigenvalue weighted by atomic mass is 16.5. The van der Waals surface area contributed by atoms with Gasteiger partial charge in [0.25, 0.3) is 0 Å². The van der Waals surface area contributed by atoms with Crippen molar-refractivity contribution in [2.24, 2.45) is 5.92 Å². The third-order valence-corrected chi connectivity index (χ3v) is 4.06. The van der Waals surface area contributed by atoms with E-state index in [1.54, 1.807) is 7.11 Å². The molecule has 1 fully saturated rings. The van der Waals surface area contributed by atoms with E-state index in [-0.39, 0.29) is 0 Å². The van der Waals surface area contributed by atoms with Crippen LogP contribution in [-0.4, -0.2) is 32.4 Å². The Morgan fingerprint density at radius 1 is 1.30 bits per heavy atom. The lowest BCUT2D eigenvalue weighted by atomic mass is 9.95. The van der Waals surface area contributed by atoms with Crippen LogP contribution in [0.25, 0.3) is 0 Å². The third kappa shape index (κ3) is 4.50. The number of benzene rings is 1. The summed E-state index contributed by atoms with van der Waals surface area (Å²) in [5.74, 6) is 1.53. The van der Waals surface area contributed by atoms with Crippen LogP contribution in [0.5, 0.6) is 5.75 Å². The predicted octanol–water partition coefficient (Wildman–Crippen LogP) is 3.03. The summed E-state index contributed by atoms with van der Waals surface area (Å²) < 4.78 is 11.0. The molecule has 3 nitrogen and oxygen atoms in total. The fourth-order valence-electron chi connectivity index (χ4n) is 2.69. The molecule has 1 aromatic carbocycles. The number of rotatable bonds is 6. The van der Waals surface area contributed by atoms with E-state index in [9.17, 15) is 0 Å². The van der Waals surface area contributed by atoms with Crippen LogP contribution < -0.4 is 10.1 Å². The van der Waals surface area contributed by atoms with Crippen LogP contribution in [0.3, 0.4) is 0 Å². The lowest BCUT2D eigenvalue weighted by Gasteiger charge is -2.32. The Labute approximate surface area is 122 Å². The van der Waals surface area contributed by atoms with Crippen LogP contribution in [0.1, 0.15) is 32.3 Å². The molecule has 1 heterocycles. The van der Waals surface area contributed by atoms with Crippen molar-refractivity contribution in [1.82, 2.24) is 5.32 Å². The molecular weight excluding hydrogens is 250 g/mol. The number of ether oxygens (including phenoxy) is 2. The predicted molar refractivity (Wildman–Crippen MR) is 82.3 cm³/mol. The number of hydrogen-bond donors (Lipinski definition) is 1. The number of hydrogen-bond acceptors (Lipinski definition) is 3. The Bertz CT molecular complexity index is 388. The Morgan fingerprint density at radius 2 is 2.05 bits per heavy atom.